The molecule has 2 aromatic carbocycles. The van der Waals surface area contributed by atoms with Crippen LogP contribution < -0.4 is 4.74 Å². The van der Waals surface area contributed by atoms with Crippen LogP contribution in [-0.2, 0) is 22.4 Å². The van der Waals surface area contributed by atoms with E-state index in [4.69, 9.17) is 0 Å². The number of Topliss-reactive ketones (excluding diaryl/α,β-unsaturated/α-hetero) is 1. The first-order chi connectivity index (χ1) is 17.7. The van der Waals surface area contributed by atoms with Gasteiger partial charge in [-0.1, -0.05) is 12.1 Å². The van der Waals surface area contributed by atoms with Crippen LogP contribution in [0.15, 0.2) is 83.0 Å². The van der Waals surface area contributed by atoms with Crippen LogP contribution in [0.2, 0.25) is 0 Å². The molecule has 0 fully saturated rings. The Balaban J connectivity index is 1.53. The molecule has 0 spiro atoms. The van der Waals surface area contributed by atoms with E-state index in [1.807, 2.05) is 0 Å². The minimum Gasteiger partial charge on any atom is -0.483 e. The molecule has 0 atom stereocenters. The summed E-state index contributed by atoms with van der Waals surface area (Å²) >= 11 is 0. The number of hydrogen-bond donors (Lipinski definition) is 0. The van der Waals surface area contributed by atoms with Gasteiger partial charge >= 0.3 is 12.4 Å². The van der Waals surface area contributed by atoms with Crippen molar-refractivity contribution >= 4 is 21.3 Å². The van der Waals surface area contributed by atoms with Crippen LogP contribution in [-0.4, -0.2) is 36.4 Å². The summed E-state index contributed by atoms with van der Waals surface area (Å²) in [5, 5.41) is 0. The van der Waals surface area contributed by atoms with Crippen LogP contribution in [0.1, 0.15) is 27.9 Å². The van der Waals surface area contributed by atoms with Crippen molar-refractivity contribution in [1.82, 2.24) is 9.38 Å². The molecule has 4 rings (SSSR count). The Labute approximate surface area is 212 Å². The van der Waals surface area contributed by atoms with E-state index >= 15 is 0 Å². The Morgan fingerprint density at radius 2 is 1.66 bits per heavy atom. The number of ketones is 1. The molecular formula is C25H18F6N2O4S. The first-order valence-electron chi connectivity index (χ1n) is 10.9. The highest BCUT2D eigenvalue weighted by Crippen LogP contribution is 2.37. The number of aryl methyl sites for hydroxylation is 1. The summed E-state index contributed by atoms with van der Waals surface area (Å²) in [5.74, 6) is -1.23. The molecule has 0 bridgehead atoms. The Kier molecular flexibility index (Phi) is 7.24. The van der Waals surface area contributed by atoms with Crippen molar-refractivity contribution in [3.63, 3.8) is 0 Å². The number of nitrogens with zero attached hydrogens (tertiary/aromatic N) is 2. The number of ether oxygens (including phenoxy) is 1. The molecule has 0 saturated carbocycles. The molecule has 13 heteroatoms. The maximum absolute atomic E-state index is 13.1. The second-order valence-electron chi connectivity index (χ2n) is 8.24. The summed E-state index contributed by atoms with van der Waals surface area (Å²) in [6.07, 6.45) is -4.53. The van der Waals surface area contributed by atoms with Gasteiger partial charge in [0, 0.05) is 30.6 Å². The lowest BCUT2D eigenvalue weighted by atomic mass is 10.0. The first kappa shape index (κ1) is 27.2. The number of pyridine rings is 1. The molecule has 200 valence electrons. The average molecular weight is 556 g/mol. The fourth-order valence-corrected chi connectivity index (χ4v) is 5.01. The summed E-state index contributed by atoms with van der Waals surface area (Å²) in [7, 11) is -4.54. The maximum atomic E-state index is 13.1. The molecule has 0 aliphatic heterocycles. The highest BCUT2D eigenvalue weighted by molar-refractivity contribution is 7.91. The maximum Gasteiger partial charge on any atom is 0.422 e. The minimum atomic E-state index is -4.93. The average Bonchev–Trinajstić information content (AvgIpc) is 3.33. The fraction of sp³-hybridized carbons (Fsp3) is 0.200. The van der Waals surface area contributed by atoms with Gasteiger partial charge in [0.15, 0.2) is 12.4 Å². The van der Waals surface area contributed by atoms with Gasteiger partial charge in [0.25, 0.3) is 0 Å². The normalized spacial score (nSPS) is 12.6. The lowest BCUT2D eigenvalue weighted by Gasteiger charge is -2.16. The van der Waals surface area contributed by atoms with Gasteiger partial charge in [-0.2, -0.15) is 26.3 Å². The van der Waals surface area contributed by atoms with Crippen molar-refractivity contribution in [3.05, 3.63) is 89.9 Å². The van der Waals surface area contributed by atoms with Crippen molar-refractivity contribution in [2.24, 2.45) is 0 Å². The number of imidazole rings is 1. The number of sulfone groups is 1. The molecule has 0 amide bonds. The van der Waals surface area contributed by atoms with Crippen molar-refractivity contribution in [3.8, 4) is 5.75 Å². The summed E-state index contributed by atoms with van der Waals surface area (Å²) in [5.41, 5.74) is 0.379. The Morgan fingerprint density at radius 1 is 0.947 bits per heavy atom. The number of carbonyl (C=O) groups is 1. The smallest absolute Gasteiger partial charge is 0.422 e. The zero-order valence-electron chi connectivity index (χ0n) is 19.3. The van der Waals surface area contributed by atoms with E-state index in [1.54, 1.807) is 35.1 Å². The second kappa shape index (κ2) is 10.1. The minimum absolute atomic E-state index is 0.112. The van der Waals surface area contributed by atoms with E-state index in [1.165, 1.54) is 12.1 Å². The standard InChI is InChI=1S/C25H18F6N2O4S/c26-24(27,28)15-37-21-13-18(25(29,30)31)5-9-22(21)38(35,36)19-6-1-16(2-7-19)3-8-20(34)17-4-10-23-32-11-12-33(23)14-17/h1-2,4-7,9-14H,3,8,15H2. The number of aromatic nitrogens is 2. The molecule has 2 aromatic heterocycles. The molecule has 2 heterocycles. The summed E-state index contributed by atoms with van der Waals surface area (Å²) in [6.45, 7) is -1.97. The third-order valence-corrected chi connectivity index (χ3v) is 7.35. The van der Waals surface area contributed by atoms with Crippen LogP contribution in [0.3, 0.4) is 0 Å². The van der Waals surface area contributed by atoms with Gasteiger partial charge in [-0.15, -0.1) is 0 Å². The highest BCUT2D eigenvalue weighted by Gasteiger charge is 2.35. The van der Waals surface area contributed by atoms with E-state index in [0.717, 1.165) is 12.1 Å². The van der Waals surface area contributed by atoms with Crippen molar-refractivity contribution < 1.29 is 44.3 Å². The quantitative estimate of drug-likeness (QED) is 0.198. The number of rotatable bonds is 8. The molecule has 0 N–H and O–H groups in total. The van der Waals surface area contributed by atoms with Crippen LogP contribution in [0.25, 0.3) is 5.65 Å². The van der Waals surface area contributed by atoms with Gasteiger partial charge in [0.05, 0.1) is 10.5 Å². The molecular weight excluding hydrogens is 538 g/mol. The van der Waals surface area contributed by atoms with Crippen molar-refractivity contribution in [1.29, 1.82) is 0 Å². The van der Waals surface area contributed by atoms with Crippen LogP contribution in [0, 0.1) is 0 Å². The van der Waals surface area contributed by atoms with Gasteiger partial charge < -0.3 is 9.14 Å². The van der Waals surface area contributed by atoms with Crippen LogP contribution in [0.5, 0.6) is 5.75 Å². The Bertz CT molecular complexity index is 1580. The molecule has 0 aliphatic carbocycles. The van der Waals surface area contributed by atoms with Gasteiger partial charge in [0.2, 0.25) is 9.84 Å². The van der Waals surface area contributed by atoms with E-state index < -0.39 is 45.0 Å². The Morgan fingerprint density at radius 3 is 2.32 bits per heavy atom. The third kappa shape index (κ3) is 6.15. The number of benzene rings is 2. The zero-order chi connectivity index (χ0) is 27.7. The number of halogens is 6. The van der Waals surface area contributed by atoms with Crippen LogP contribution in [0.4, 0.5) is 26.3 Å². The monoisotopic (exact) mass is 556 g/mol. The Hall–Kier alpha value is -3.87. The number of fused-ring (bicyclic) bond motifs is 1. The predicted molar refractivity (Wildman–Crippen MR) is 123 cm³/mol. The predicted octanol–water partition coefficient (Wildman–Crippen LogP) is 5.94. The zero-order valence-corrected chi connectivity index (χ0v) is 20.1. The van der Waals surface area contributed by atoms with Gasteiger partial charge in [0.1, 0.15) is 16.3 Å². The molecule has 0 unspecified atom stereocenters. The van der Waals surface area contributed by atoms with E-state index in [0.29, 0.717) is 28.9 Å². The molecule has 6 nitrogen and oxygen atoms in total. The van der Waals surface area contributed by atoms with Crippen LogP contribution >= 0.6 is 0 Å². The highest BCUT2D eigenvalue weighted by atomic mass is 32.2. The summed E-state index contributed by atoms with van der Waals surface area (Å²) in [4.78, 5) is 15.5. The number of carbonyl (C=O) groups excluding carboxylic acids is 1. The molecule has 0 aliphatic rings. The van der Waals surface area contributed by atoms with E-state index in [-0.39, 0.29) is 29.6 Å². The summed E-state index contributed by atoms with van der Waals surface area (Å²) < 4.78 is 109. The topological polar surface area (TPSA) is 77.7 Å². The molecule has 0 saturated heterocycles. The second-order valence-corrected chi connectivity index (χ2v) is 10.2. The lowest BCUT2D eigenvalue weighted by molar-refractivity contribution is -0.154. The SMILES string of the molecule is O=C(CCc1ccc(S(=O)(=O)c2ccc(C(F)(F)F)cc2OCC(F)(F)F)cc1)c1ccc2nccn2c1. The van der Waals surface area contributed by atoms with E-state index in [9.17, 15) is 39.6 Å². The lowest BCUT2D eigenvalue weighted by Crippen LogP contribution is -2.20. The van der Waals surface area contributed by atoms with Crippen molar-refractivity contribution in [2.75, 3.05) is 6.61 Å². The van der Waals surface area contributed by atoms with Gasteiger partial charge in [-0.25, -0.2) is 13.4 Å². The van der Waals surface area contributed by atoms with Gasteiger partial charge in [-0.05, 0) is 54.4 Å². The number of hydrogen-bond acceptors (Lipinski definition) is 5. The van der Waals surface area contributed by atoms with Crippen molar-refractivity contribution in [2.45, 2.75) is 35.0 Å². The fourth-order valence-electron chi connectivity index (χ4n) is 3.63. The summed E-state index contributed by atoms with van der Waals surface area (Å²) in [6, 6.07) is 9.74. The molecule has 38 heavy (non-hydrogen) atoms. The number of alkyl halides is 6. The molecule has 0 radical (unpaired) electrons. The third-order valence-electron chi connectivity index (χ3n) is 5.54. The largest absolute Gasteiger partial charge is 0.483 e. The van der Waals surface area contributed by atoms with E-state index in [2.05, 4.69) is 9.72 Å². The van der Waals surface area contributed by atoms with Gasteiger partial charge in [-0.3, -0.25) is 4.79 Å². The molecule has 4 aromatic rings. The first-order valence-corrected chi connectivity index (χ1v) is 12.4.